The molecular weight excluding hydrogens is 263 g/mol. The van der Waals surface area contributed by atoms with E-state index >= 15 is 0 Å². The van der Waals surface area contributed by atoms with Gasteiger partial charge < -0.3 is 10.4 Å². The third-order valence-corrected chi connectivity index (χ3v) is 2.14. The van der Waals surface area contributed by atoms with E-state index in [1.165, 1.54) is 11.4 Å². The Bertz CT molecular complexity index is 473. The summed E-state index contributed by atoms with van der Waals surface area (Å²) in [6.45, 7) is 0. The molecule has 0 saturated heterocycles. The zero-order valence-electron chi connectivity index (χ0n) is 8.01. The van der Waals surface area contributed by atoms with Gasteiger partial charge in [0.05, 0.1) is 16.3 Å². The molecule has 0 bridgehead atoms. The van der Waals surface area contributed by atoms with Crippen LogP contribution in [0.1, 0.15) is 10.4 Å². The monoisotopic (exact) mass is 267 g/mol. The summed E-state index contributed by atoms with van der Waals surface area (Å²) in [5, 5.41) is 9.69. The summed E-state index contributed by atoms with van der Waals surface area (Å²) < 4.78 is 35.9. The summed E-state index contributed by atoms with van der Waals surface area (Å²) in [5.74, 6) is -3.62. The molecule has 0 atom stereocenters. The minimum atomic E-state index is -5.07. The smallest absolute Gasteiger partial charge is 0.471 e. The molecule has 1 rings (SSSR count). The molecule has 1 amide bonds. The number of hydrogen-bond donors (Lipinski definition) is 2. The van der Waals surface area contributed by atoms with Crippen LogP contribution in [-0.2, 0) is 4.79 Å². The Labute approximate surface area is 98.0 Å². The van der Waals surface area contributed by atoms with Gasteiger partial charge in [0.25, 0.3) is 0 Å². The number of aromatic carboxylic acids is 1. The molecule has 0 aromatic heterocycles. The normalized spacial score (nSPS) is 11.1. The van der Waals surface area contributed by atoms with Crippen molar-refractivity contribution >= 4 is 29.2 Å². The molecule has 17 heavy (non-hydrogen) atoms. The molecule has 0 heterocycles. The van der Waals surface area contributed by atoms with E-state index < -0.39 is 34.3 Å². The minimum Gasteiger partial charge on any atom is -0.478 e. The van der Waals surface area contributed by atoms with Crippen molar-refractivity contribution in [1.82, 2.24) is 0 Å². The summed E-state index contributed by atoms with van der Waals surface area (Å²) in [4.78, 5) is 21.3. The lowest BCUT2D eigenvalue weighted by Gasteiger charge is -2.10. The van der Waals surface area contributed by atoms with Gasteiger partial charge in [-0.15, -0.1) is 0 Å². The molecule has 1 aromatic rings. The summed E-state index contributed by atoms with van der Waals surface area (Å²) in [5.41, 5.74) is -0.805. The molecule has 0 aliphatic carbocycles. The van der Waals surface area contributed by atoms with Crippen molar-refractivity contribution in [3.05, 3.63) is 28.8 Å². The second kappa shape index (κ2) is 4.62. The fourth-order valence-corrected chi connectivity index (χ4v) is 1.24. The largest absolute Gasteiger partial charge is 0.478 e. The molecule has 0 radical (unpaired) electrons. The predicted octanol–water partition coefficient (Wildman–Crippen LogP) is 2.54. The van der Waals surface area contributed by atoms with Gasteiger partial charge in [-0.1, -0.05) is 17.7 Å². The predicted molar refractivity (Wildman–Crippen MR) is 53.1 cm³/mol. The van der Waals surface area contributed by atoms with Crippen molar-refractivity contribution in [2.24, 2.45) is 0 Å². The van der Waals surface area contributed by atoms with Gasteiger partial charge in [-0.05, 0) is 12.1 Å². The van der Waals surface area contributed by atoms with E-state index in [4.69, 9.17) is 16.7 Å². The SMILES string of the molecule is O=C(O)c1cccc(NC(=O)C(F)(F)F)c1Cl. The van der Waals surface area contributed by atoms with Crippen LogP contribution in [0.5, 0.6) is 0 Å². The number of anilines is 1. The molecule has 0 saturated carbocycles. The standard InChI is InChI=1S/C9H5ClF3NO3/c10-6-4(7(15)16)2-1-3-5(6)14-8(17)9(11,12)13/h1-3H,(H,14,17)(H,15,16). The van der Waals surface area contributed by atoms with E-state index in [0.717, 1.165) is 12.1 Å². The van der Waals surface area contributed by atoms with Crippen LogP contribution >= 0.6 is 11.6 Å². The Morgan fingerprint density at radius 2 is 1.88 bits per heavy atom. The summed E-state index contributed by atoms with van der Waals surface area (Å²) in [6.07, 6.45) is -5.07. The van der Waals surface area contributed by atoms with Crippen LogP contribution < -0.4 is 5.32 Å². The number of nitrogens with one attached hydrogen (secondary N) is 1. The number of rotatable bonds is 2. The number of alkyl halides is 3. The first-order valence-electron chi connectivity index (χ1n) is 4.13. The van der Waals surface area contributed by atoms with Gasteiger partial charge in [-0.2, -0.15) is 13.2 Å². The first kappa shape index (κ1) is 13.3. The zero-order chi connectivity index (χ0) is 13.2. The molecule has 8 heteroatoms. The average Bonchev–Trinajstić information content (AvgIpc) is 2.19. The lowest BCUT2D eigenvalue weighted by molar-refractivity contribution is -0.167. The molecule has 0 spiro atoms. The lowest BCUT2D eigenvalue weighted by Crippen LogP contribution is -2.30. The van der Waals surface area contributed by atoms with E-state index in [1.807, 2.05) is 0 Å². The second-order valence-electron chi connectivity index (χ2n) is 2.92. The maximum Gasteiger partial charge on any atom is 0.471 e. The summed E-state index contributed by atoms with van der Waals surface area (Å²) in [7, 11) is 0. The van der Waals surface area contributed by atoms with E-state index in [2.05, 4.69) is 0 Å². The zero-order valence-corrected chi connectivity index (χ0v) is 8.76. The first-order chi connectivity index (χ1) is 7.73. The summed E-state index contributed by atoms with van der Waals surface area (Å²) in [6, 6.07) is 3.34. The van der Waals surface area contributed by atoms with Crippen LogP contribution in [-0.4, -0.2) is 23.2 Å². The molecule has 0 unspecified atom stereocenters. The lowest BCUT2D eigenvalue weighted by atomic mass is 10.2. The third kappa shape index (κ3) is 3.10. The second-order valence-corrected chi connectivity index (χ2v) is 3.30. The van der Waals surface area contributed by atoms with Crippen molar-refractivity contribution in [1.29, 1.82) is 0 Å². The maximum absolute atomic E-state index is 12.0. The number of carbonyl (C=O) groups is 2. The molecule has 0 aliphatic rings. The van der Waals surface area contributed by atoms with E-state index in [9.17, 15) is 22.8 Å². The number of carboxylic acids is 1. The first-order valence-corrected chi connectivity index (χ1v) is 4.51. The van der Waals surface area contributed by atoms with Crippen molar-refractivity contribution in [2.75, 3.05) is 5.32 Å². The number of benzene rings is 1. The van der Waals surface area contributed by atoms with Crippen LogP contribution in [0.25, 0.3) is 0 Å². The third-order valence-electron chi connectivity index (χ3n) is 1.73. The molecule has 1 aromatic carbocycles. The number of carbonyl (C=O) groups excluding carboxylic acids is 1. The van der Waals surface area contributed by atoms with Gasteiger partial charge in [0, 0.05) is 0 Å². The van der Waals surface area contributed by atoms with Gasteiger partial charge in [0.2, 0.25) is 0 Å². The average molecular weight is 268 g/mol. The molecular formula is C9H5ClF3NO3. The molecule has 4 nitrogen and oxygen atoms in total. The number of carboxylic acid groups (broad SMARTS) is 1. The van der Waals surface area contributed by atoms with Gasteiger partial charge in [-0.3, -0.25) is 4.79 Å². The minimum absolute atomic E-state index is 0.397. The number of hydrogen-bond acceptors (Lipinski definition) is 2. The Balaban J connectivity index is 3.05. The molecule has 0 aliphatic heterocycles. The van der Waals surface area contributed by atoms with Crippen molar-refractivity contribution in [2.45, 2.75) is 6.18 Å². The quantitative estimate of drug-likeness (QED) is 0.865. The highest BCUT2D eigenvalue weighted by atomic mass is 35.5. The van der Waals surface area contributed by atoms with Crippen LogP contribution in [0.2, 0.25) is 5.02 Å². The van der Waals surface area contributed by atoms with Crippen LogP contribution in [0.15, 0.2) is 18.2 Å². The molecule has 92 valence electrons. The van der Waals surface area contributed by atoms with E-state index in [1.54, 1.807) is 0 Å². The Kier molecular flexibility index (Phi) is 3.62. The van der Waals surface area contributed by atoms with Gasteiger partial charge in [-0.25, -0.2) is 4.79 Å². The molecule has 0 fully saturated rings. The van der Waals surface area contributed by atoms with Gasteiger partial charge in [0.15, 0.2) is 0 Å². The van der Waals surface area contributed by atoms with Crippen LogP contribution in [0.3, 0.4) is 0 Å². The summed E-state index contributed by atoms with van der Waals surface area (Å²) >= 11 is 5.54. The Morgan fingerprint density at radius 3 is 2.35 bits per heavy atom. The van der Waals surface area contributed by atoms with Crippen molar-refractivity contribution < 1.29 is 27.9 Å². The van der Waals surface area contributed by atoms with Gasteiger partial charge in [0.1, 0.15) is 0 Å². The van der Waals surface area contributed by atoms with Crippen molar-refractivity contribution in [3.8, 4) is 0 Å². The maximum atomic E-state index is 12.0. The fraction of sp³-hybridized carbons (Fsp3) is 0.111. The number of amides is 1. The van der Waals surface area contributed by atoms with E-state index in [-0.39, 0.29) is 0 Å². The Hall–Kier alpha value is -1.76. The number of halogens is 4. The molecule has 2 N–H and O–H groups in total. The van der Waals surface area contributed by atoms with E-state index in [0.29, 0.717) is 0 Å². The van der Waals surface area contributed by atoms with Crippen LogP contribution in [0, 0.1) is 0 Å². The highest BCUT2D eigenvalue weighted by molar-refractivity contribution is 6.36. The fourth-order valence-electron chi connectivity index (χ4n) is 0.987. The topological polar surface area (TPSA) is 66.4 Å². The van der Waals surface area contributed by atoms with Crippen molar-refractivity contribution in [3.63, 3.8) is 0 Å². The highest BCUT2D eigenvalue weighted by Crippen LogP contribution is 2.27. The van der Waals surface area contributed by atoms with Gasteiger partial charge >= 0.3 is 18.1 Å². The highest BCUT2D eigenvalue weighted by Gasteiger charge is 2.39. The Morgan fingerprint density at radius 1 is 1.29 bits per heavy atom. The van der Waals surface area contributed by atoms with Crippen LogP contribution in [0.4, 0.5) is 18.9 Å².